The topological polar surface area (TPSA) is 39.1 Å². The first-order valence-electron chi connectivity index (χ1n) is 6.07. The molecule has 1 N–H and O–H groups in total. The minimum Gasteiger partial charge on any atom is -0.380 e. The lowest BCUT2D eigenvalue weighted by Crippen LogP contribution is -2.18. The molecule has 2 aromatic rings. The van der Waals surface area contributed by atoms with Crippen molar-refractivity contribution < 1.29 is 4.74 Å². The van der Waals surface area contributed by atoms with E-state index in [1.165, 1.54) is 0 Å². The maximum Gasteiger partial charge on any atom is 0.126 e. The molecule has 0 bridgehead atoms. The fourth-order valence-corrected chi connectivity index (χ4v) is 2.75. The number of hydrogen-bond donors (Lipinski definition) is 1. The molecular formula is C13H16ClN3O. The molecule has 96 valence electrons. The number of fused-ring (bicyclic) bond motifs is 1. The van der Waals surface area contributed by atoms with E-state index in [0.717, 1.165) is 34.8 Å². The second-order valence-electron chi connectivity index (χ2n) is 4.72. The smallest absolute Gasteiger partial charge is 0.126 e. The molecule has 0 spiro atoms. The Kier molecular flexibility index (Phi) is 3.01. The highest BCUT2D eigenvalue weighted by Gasteiger charge is 2.28. The Labute approximate surface area is 111 Å². The second kappa shape index (κ2) is 4.53. The molecular weight excluding hydrogens is 250 g/mol. The average molecular weight is 266 g/mol. The predicted octanol–water partition coefficient (Wildman–Crippen LogP) is 2.28. The number of imidazole rings is 1. The summed E-state index contributed by atoms with van der Waals surface area (Å²) >= 11 is 6.00. The van der Waals surface area contributed by atoms with Crippen LogP contribution >= 0.6 is 11.6 Å². The van der Waals surface area contributed by atoms with Gasteiger partial charge in [-0.2, -0.15) is 0 Å². The number of nitrogens with one attached hydrogen (secondary N) is 1. The van der Waals surface area contributed by atoms with Gasteiger partial charge < -0.3 is 14.6 Å². The molecule has 1 aromatic heterocycles. The fourth-order valence-electron chi connectivity index (χ4n) is 2.58. The lowest BCUT2D eigenvalue weighted by atomic mass is 10.2. The fraction of sp³-hybridized carbons (Fsp3) is 0.462. The monoisotopic (exact) mass is 265 g/mol. The van der Waals surface area contributed by atoms with Gasteiger partial charge in [-0.25, -0.2) is 4.98 Å². The van der Waals surface area contributed by atoms with Gasteiger partial charge in [0.1, 0.15) is 5.82 Å². The van der Waals surface area contributed by atoms with E-state index in [4.69, 9.17) is 16.3 Å². The quantitative estimate of drug-likeness (QED) is 0.906. The number of aromatic nitrogens is 2. The van der Waals surface area contributed by atoms with Crippen molar-refractivity contribution in [3.05, 3.63) is 29.0 Å². The van der Waals surface area contributed by atoms with Gasteiger partial charge in [-0.15, -0.1) is 0 Å². The summed E-state index contributed by atoms with van der Waals surface area (Å²) in [5.74, 6) is 1.05. The number of aryl methyl sites for hydroxylation is 1. The van der Waals surface area contributed by atoms with E-state index < -0.39 is 0 Å². The number of halogens is 1. The first-order chi connectivity index (χ1) is 8.69. The highest BCUT2D eigenvalue weighted by molar-refractivity contribution is 6.31. The lowest BCUT2D eigenvalue weighted by molar-refractivity contribution is 0.117. The molecule has 5 heteroatoms. The van der Waals surface area contributed by atoms with Crippen LogP contribution in [0, 0.1) is 0 Å². The Bertz CT molecular complexity index is 581. The summed E-state index contributed by atoms with van der Waals surface area (Å²) in [6.07, 6.45) is 1.24. The van der Waals surface area contributed by atoms with Crippen molar-refractivity contribution in [3.8, 4) is 0 Å². The SMILES string of the molecule is COC1CNC(c2nc3cc(Cl)ccc3n2C)C1. The first-order valence-corrected chi connectivity index (χ1v) is 6.45. The van der Waals surface area contributed by atoms with E-state index in [0.29, 0.717) is 0 Å². The number of nitrogens with zero attached hydrogens (tertiary/aromatic N) is 2. The molecule has 1 saturated heterocycles. The van der Waals surface area contributed by atoms with Crippen molar-refractivity contribution >= 4 is 22.6 Å². The van der Waals surface area contributed by atoms with Gasteiger partial charge in [0.15, 0.2) is 0 Å². The zero-order valence-corrected chi connectivity index (χ0v) is 11.2. The summed E-state index contributed by atoms with van der Waals surface area (Å²) < 4.78 is 7.50. The molecule has 1 aliphatic rings. The van der Waals surface area contributed by atoms with Crippen LogP contribution in [0.4, 0.5) is 0 Å². The van der Waals surface area contributed by atoms with E-state index in [-0.39, 0.29) is 12.1 Å². The Morgan fingerprint density at radius 1 is 1.50 bits per heavy atom. The van der Waals surface area contributed by atoms with Crippen molar-refractivity contribution in [2.24, 2.45) is 7.05 Å². The molecule has 1 aromatic carbocycles. The van der Waals surface area contributed by atoms with Crippen LogP contribution in [0.15, 0.2) is 18.2 Å². The van der Waals surface area contributed by atoms with Gasteiger partial charge in [0.05, 0.1) is 23.2 Å². The molecule has 0 aliphatic carbocycles. The van der Waals surface area contributed by atoms with Crippen LogP contribution < -0.4 is 5.32 Å². The van der Waals surface area contributed by atoms with E-state index in [1.54, 1.807) is 7.11 Å². The zero-order valence-electron chi connectivity index (χ0n) is 10.5. The van der Waals surface area contributed by atoms with E-state index >= 15 is 0 Å². The lowest BCUT2D eigenvalue weighted by Gasteiger charge is -2.10. The number of rotatable bonds is 2. The average Bonchev–Trinajstić information content (AvgIpc) is 2.94. The van der Waals surface area contributed by atoms with Gasteiger partial charge >= 0.3 is 0 Å². The Balaban J connectivity index is 2.00. The summed E-state index contributed by atoms with van der Waals surface area (Å²) in [6.45, 7) is 0.880. The van der Waals surface area contributed by atoms with E-state index in [2.05, 4.69) is 14.9 Å². The highest BCUT2D eigenvalue weighted by Crippen LogP contribution is 2.27. The molecule has 2 heterocycles. The first kappa shape index (κ1) is 12.0. The minimum absolute atomic E-state index is 0.256. The maximum absolute atomic E-state index is 6.00. The van der Waals surface area contributed by atoms with Crippen LogP contribution in [0.25, 0.3) is 11.0 Å². The molecule has 1 fully saturated rings. The van der Waals surface area contributed by atoms with Gasteiger partial charge in [0.2, 0.25) is 0 Å². The standard InChI is InChI=1S/C13H16ClN3O/c1-17-12-4-3-8(14)5-10(12)16-13(17)11-6-9(18-2)7-15-11/h3-5,9,11,15H,6-7H2,1-2H3. The molecule has 2 atom stereocenters. The second-order valence-corrected chi connectivity index (χ2v) is 5.15. The third-order valence-electron chi connectivity index (χ3n) is 3.61. The van der Waals surface area contributed by atoms with Crippen LogP contribution in [0.3, 0.4) is 0 Å². The Morgan fingerprint density at radius 3 is 3.06 bits per heavy atom. The summed E-state index contributed by atoms with van der Waals surface area (Å²) in [6, 6.07) is 6.07. The maximum atomic E-state index is 6.00. The number of benzene rings is 1. The van der Waals surface area contributed by atoms with Gasteiger partial charge in [-0.3, -0.25) is 0 Å². The van der Waals surface area contributed by atoms with Crippen LogP contribution in [0.2, 0.25) is 5.02 Å². The van der Waals surface area contributed by atoms with Gasteiger partial charge in [0, 0.05) is 25.7 Å². The van der Waals surface area contributed by atoms with Crippen LogP contribution in [-0.2, 0) is 11.8 Å². The zero-order chi connectivity index (χ0) is 12.7. The molecule has 2 unspecified atom stereocenters. The number of methoxy groups -OCH3 is 1. The minimum atomic E-state index is 0.256. The number of ether oxygens (including phenoxy) is 1. The highest BCUT2D eigenvalue weighted by atomic mass is 35.5. The third kappa shape index (κ3) is 1.90. The normalized spacial score (nSPS) is 23.9. The number of hydrogen-bond acceptors (Lipinski definition) is 3. The summed E-state index contributed by atoms with van der Waals surface area (Å²) in [4.78, 5) is 4.68. The summed E-state index contributed by atoms with van der Waals surface area (Å²) in [5, 5.41) is 4.17. The third-order valence-corrected chi connectivity index (χ3v) is 3.85. The van der Waals surface area contributed by atoms with Crippen LogP contribution in [0.5, 0.6) is 0 Å². The van der Waals surface area contributed by atoms with Gasteiger partial charge in [0.25, 0.3) is 0 Å². The Hall–Kier alpha value is -1.10. The van der Waals surface area contributed by atoms with E-state index in [1.807, 2.05) is 25.2 Å². The largest absolute Gasteiger partial charge is 0.380 e. The van der Waals surface area contributed by atoms with Crippen molar-refractivity contribution in [3.63, 3.8) is 0 Å². The molecule has 3 rings (SSSR count). The van der Waals surface area contributed by atoms with Crippen molar-refractivity contribution in [2.45, 2.75) is 18.6 Å². The summed E-state index contributed by atoms with van der Waals surface area (Å²) in [7, 11) is 3.80. The molecule has 0 saturated carbocycles. The molecule has 4 nitrogen and oxygen atoms in total. The van der Waals surface area contributed by atoms with Crippen molar-refractivity contribution in [1.29, 1.82) is 0 Å². The van der Waals surface area contributed by atoms with Gasteiger partial charge in [-0.1, -0.05) is 11.6 Å². The van der Waals surface area contributed by atoms with Crippen molar-refractivity contribution in [2.75, 3.05) is 13.7 Å². The van der Waals surface area contributed by atoms with E-state index in [9.17, 15) is 0 Å². The van der Waals surface area contributed by atoms with Crippen LogP contribution in [-0.4, -0.2) is 29.3 Å². The molecule has 0 radical (unpaired) electrons. The molecule has 1 aliphatic heterocycles. The summed E-state index contributed by atoms with van der Waals surface area (Å²) in [5.41, 5.74) is 2.06. The van der Waals surface area contributed by atoms with Crippen LogP contribution in [0.1, 0.15) is 18.3 Å². The molecule has 18 heavy (non-hydrogen) atoms. The van der Waals surface area contributed by atoms with Gasteiger partial charge in [-0.05, 0) is 24.6 Å². The predicted molar refractivity (Wildman–Crippen MR) is 71.9 cm³/mol. The van der Waals surface area contributed by atoms with Crippen molar-refractivity contribution in [1.82, 2.24) is 14.9 Å². The Morgan fingerprint density at radius 2 is 2.33 bits per heavy atom. The molecule has 0 amide bonds.